The fourth-order valence-electron chi connectivity index (χ4n) is 5.25. The zero-order valence-electron chi connectivity index (χ0n) is 20.7. The minimum atomic E-state index is -0.251. The predicted molar refractivity (Wildman–Crippen MR) is 138 cm³/mol. The smallest absolute Gasteiger partial charge is 0.307 e. The van der Waals surface area contributed by atoms with E-state index in [0.29, 0.717) is 11.7 Å². The van der Waals surface area contributed by atoms with Crippen molar-refractivity contribution in [3.05, 3.63) is 81.9 Å². The number of nitrogens with zero attached hydrogens (tertiary/aromatic N) is 3. The second kappa shape index (κ2) is 9.58. The van der Waals surface area contributed by atoms with Gasteiger partial charge < -0.3 is 19.5 Å². The van der Waals surface area contributed by atoms with Gasteiger partial charge in [-0.25, -0.2) is 0 Å². The highest BCUT2D eigenvalue weighted by molar-refractivity contribution is 7.80. The molecule has 1 aromatic carbocycles. The Morgan fingerprint density at radius 2 is 1.82 bits per heavy atom. The van der Waals surface area contributed by atoms with Gasteiger partial charge in [0.2, 0.25) is 0 Å². The monoisotopic (exact) mass is 476 g/mol. The van der Waals surface area contributed by atoms with Gasteiger partial charge in [0.05, 0.1) is 37.0 Å². The van der Waals surface area contributed by atoms with Crippen LogP contribution in [0.3, 0.4) is 0 Å². The van der Waals surface area contributed by atoms with Gasteiger partial charge in [-0.3, -0.25) is 9.78 Å². The molecule has 1 aliphatic rings. The van der Waals surface area contributed by atoms with Crippen molar-refractivity contribution in [3.63, 3.8) is 0 Å². The van der Waals surface area contributed by atoms with E-state index in [1.54, 1.807) is 6.20 Å². The highest BCUT2D eigenvalue weighted by Crippen LogP contribution is 2.42. The Hall–Kier alpha value is -3.19. The lowest BCUT2D eigenvalue weighted by molar-refractivity contribution is -0.140. The number of aromatic nitrogens is 2. The fraction of sp³-hybridized carbons (Fsp3) is 0.370. The summed E-state index contributed by atoms with van der Waals surface area (Å²) in [5.41, 5.74) is 9.38. The van der Waals surface area contributed by atoms with Crippen LogP contribution in [0.5, 0.6) is 0 Å². The van der Waals surface area contributed by atoms with E-state index >= 15 is 0 Å². The van der Waals surface area contributed by atoms with Crippen LogP contribution in [0.2, 0.25) is 0 Å². The molecule has 0 unspecified atom stereocenters. The molecule has 0 saturated carbocycles. The third-order valence-electron chi connectivity index (χ3n) is 6.63. The van der Waals surface area contributed by atoms with Gasteiger partial charge in [0.25, 0.3) is 0 Å². The number of ether oxygens (including phenoxy) is 1. The maximum absolute atomic E-state index is 12.0. The van der Waals surface area contributed by atoms with Crippen molar-refractivity contribution in [1.82, 2.24) is 19.8 Å². The van der Waals surface area contributed by atoms with Gasteiger partial charge in [-0.15, -0.1) is 0 Å². The molecule has 0 aliphatic carbocycles. The first-order valence-corrected chi connectivity index (χ1v) is 12.0. The van der Waals surface area contributed by atoms with Crippen LogP contribution in [0.25, 0.3) is 5.69 Å². The number of nitrogens with one attached hydrogen (secondary N) is 1. The topological polar surface area (TPSA) is 59.4 Å². The first-order chi connectivity index (χ1) is 16.2. The molecule has 2 atom stereocenters. The van der Waals surface area contributed by atoms with Gasteiger partial charge >= 0.3 is 5.97 Å². The summed E-state index contributed by atoms with van der Waals surface area (Å²) in [7, 11) is 1.41. The summed E-state index contributed by atoms with van der Waals surface area (Å²) in [4.78, 5) is 18.7. The zero-order chi connectivity index (χ0) is 24.6. The summed E-state index contributed by atoms with van der Waals surface area (Å²) in [6.45, 7) is 11.2. The number of hydrogen-bond donors (Lipinski definition) is 1. The number of carbonyl (C=O) groups excluding carboxylic acids is 1. The van der Waals surface area contributed by atoms with Crippen LogP contribution in [0.15, 0.2) is 42.6 Å². The SMILES string of the molecule is COC(=O)CCN1C(=S)N[C@H](c2ccccn2)[C@H]1c1cc(C)n(-c2c(C)cc(C)cc2C)c1C. The quantitative estimate of drug-likeness (QED) is 0.401. The van der Waals surface area contributed by atoms with E-state index in [-0.39, 0.29) is 24.5 Å². The normalized spacial score (nSPS) is 17.7. The van der Waals surface area contributed by atoms with E-state index < -0.39 is 0 Å². The minimum Gasteiger partial charge on any atom is -0.469 e. The molecule has 7 heteroatoms. The summed E-state index contributed by atoms with van der Waals surface area (Å²) >= 11 is 5.74. The highest BCUT2D eigenvalue weighted by atomic mass is 32.1. The van der Waals surface area contributed by atoms with Gasteiger partial charge in [0.15, 0.2) is 5.11 Å². The second-order valence-electron chi connectivity index (χ2n) is 9.06. The molecule has 4 rings (SSSR count). The Morgan fingerprint density at radius 3 is 2.44 bits per heavy atom. The summed E-state index contributed by atoms with van der Waals surface area (Å²) in [6.07, 6.45) is 2.06. The standard InChI is InChI=1S/C27H32N4O2S/c1-16-13-17(2)25(18(3)14-16)31-19(4)15-21(20(31)5)26-24(22-9-7-8-11-28-22)29-27(34)30(26)12-10-23(32)33-6/h7-9,11,13-15,24,26H,10,12H2,1-6H3,(H,29,34)/t24-,26-/m1/s1. The summed E-state index contributed by atoms with van der Waals surface area (Å²) in [5.74, 6) is -0.251. The number of esters is 1. The molecule has 1 aliphatic heterocycles. The lowest BCUT2D eigenvalue weighted by Crippen LogP contribution is -2.32. The van der Waals surface area contributed by atoms with E-state index in [1.807, 2.05) is 18.2 Å². The minimum absolute atomic E-state index is 0.0990. The number of benzene rings is 1. The molecule has 0 radical (unpaired) electrons. The number of thiocarbonyl (C=S) groups is 1. The molecular weight excluding hydrogens is 444 g/mol. The van der Waals surface area contributed by atoms with Crippen molar-refractivity contribution in [2.75, 3.05) is 13.7 Å². The number of rotatable bonds is 6. The molecule has 178 valence electrons. The van der Waals surface area contributed by atoms with Crippen molar-refractivity contribution in [2.45, 2.75) is 53.1 Å². The molecule has 0 bridgehead atoms. The molecule has 0 spiro atoms. The maximum atomic E-state index is 12.0. The number of hydrogen-bond acceptors (Lipinski definition) is 4. The highest BCUT2D eigenvalue weighted by Gasteiger charge is 2.41. The average Bonchev–Trinajstić information content (AvgIpc) is 3.28. The Labute approximate surface area is 207 Å². The Morgan fingerprint density at radius 1 is 1.12 bits per heavy atom. The predicted octanol–water partition coefficient (Wildman–Crippen LogP) is 4.95. The molecule has 2 aromatic heterocycles. The van der Waals surface area contributed by atoms with E-state index in [0.717, 1.165) is 17.1 Å². The molecular formula is C27H32N4O2S. The van der Waals surface area contributed by atoms with Crippen LogP contribution in [-0.4, -0.2) is 39.2 Å². The Kier molecular flexibility index (Phi) is 6.75. The van der Waals surface area contributed by atoms with Gasteiger partial charge in [-0.1, -0.05) is 23.8 Å². The number of aryl methyl sites for hydroxylation is 4. The molecule has 34 heavy (non-hydrogen) atoms. The van der Waals surface area contributed by atoms with Gasteiger partial charge in [-0.05, 0) is 81.7 Å². The molecule has 3 heterocycles. The largest absolute Gasteiger partial charge is 0.469 e. The van der Waals surface area contributed by atoms with Crippen LogP contribution < -0.4 is 5.32 Å². The van der Waals surface area contributed by atoms with Gasteiger partial charge in [-0.2, -0.15) is 0 Å². The molecule has 1 N–H and O–H groups in total. The lowest BCUT2D eigenvalue weighted by atomic mass is 9.96. The lowest BCUT2D eigenvalue weighted by Gasteiger charge is -2.28. The van der Waals surface area contributed by atoms with Gasteiger partial charge in [0.1, 0.15) is 0 Å². The third-order valence-corrected chi connectivity index (χ3v) is 6.98. The maximum Gasteiger partial charge on any atom is 0.307 e. The van der Waals surface area contributed by atoms with E-state index in [2.05, 4.69) is 72.6 Å². The van der Waals surface area contributed by atoms with Crippen molar-refractivity contribution in [2.24, 2.45) is 0 Å². The zero-order valence-corrected chi connectivity index (χ0v) is 21.5. The molecule has 3 aromatic rings. The van der Waals surface area contributed by atoms with Crippen molar-refractivity contribution < 1.29 is 9.53 Å². The van der Waals surface area contributed by atoms with E-state index in [9.17, 15) is 4.79 Å². The fourth-order valence-corrected chi connectivity index (χ4v) is 5.59. The van der Waals surface area contributed by atoms with Gasteiger partial charge in [0, 0.05) is 24.1 Å². The Balaban J connectivity index is 1.84. The number of methoxy groups -OCH3 is 1. The summed E-state index contributed by atoms with van der Waals surface area (Å²) in [5, 5.41) is 4.09. The number of carbonyl (C=O) groups is 1. The van der Waals surface area contributed by atoms with Crippen molar-refractivity contribution >= 4 is 23.3 Å². The molecule has 0 amide bonds. The molecule has 6 nitrogen and oxygen atoms in total. The van der Waals surface area contributed by atoms with E-state index in [1.165, 1.54) is 35.1 Å². The van der Waals surface area contributed by atoms with E-state index in [4.69, 9.17) is 17.0 Å². The van der Waals surface area contributed by atoms with Crippen LogP contribution in [0.4, 0.5) is 0 Å². The first-order valence-electron chi connectivity index (χ1n) is 11.5. The average molecular weight is 477 g/mol. The molecule has 1 saturated heterocycles. The molecule has 1 fully saturated rings. The van der Waals surface area contributed by atoms with Crippen LogP contribution in [-0.2, 0) is 9.53 Å². The van der Waals surface area contributed by atoms with Crippen LogP contribution in [0.1, 0.15) is 57.8 Å². The van der Waals surface area contributed by atoms with Crippen LogP contribution in [0, 0.1) is 34.6 Å². The van der Waals surface area contributed by atoms with Crippen LogP contribution >= 0.6 is 12.2 Å². The Bertz CT molecular complexity index is 1210. The third kappa shape index (κ3) is 4.32. The number of pyridine rings is 1. The van der Waals surface area contributed by atoms with Crippen molar-refractivity contribution in [1.29, 1.82) is 0 Å². The van der Waals surface area contributed by atoms with Crippen molar-refractivity contribution in [3.8, 4) is 5.69 Å². The second-order valence-corrected chi connectivity index (χ2v) is 9.44. The summed E-state index contributed by atoms with van der Waals surface area (Å²) < 4.78 is 7.23. The summed E-state index contributed by atoms with van der Waals surface area (Å²) in [6, 6.07) is 12.4. The first kappa shape index (κ1) is 24.0.